The minimum atomic E-state index is -1.12. The van der Waals surface area contributed by atoms with Gasteiger partial charge in [-0.05, 0) is 37.0 Å². The number of aliphatic hydroxyl groups excluding tert-OH is 2. The van der Waals surface area contributed by atoms with Crippen molar-refractivity contribution >= 4 is 0 Å². The molecule has 3 atom stereocenters. The Labute approximate surface area is 99.5 Å². The van der Waals surface area contributed by atoms with E-state index in [0.29, 0.717) is 18.3 Å². The van der Waals surface area contributed by atoms with E-state index >= 15 is 0 Å². The van der Waals surface area contributed by atoms with Gasteiger partial charge in [-0.15, -0.1) is 0 Å². The van der Waals surface area contributed by atoms with Gasteiger partial charge in [0, 0.05) is 0 Å². The molecule has 1 aliphatic rings. The first-order chi connectivity index (χ1) is 7.38. The highest BCUT2D eigenvalue weighted by Crippen LogP contribution is 2.33. The second-order valence-corrected chi connectivity index (χ2v) is 5.28. The van der Waals surface area contributed by atoms with Crippen molar-refractivity contribution in [2.24, 2.45) is 17.8 Å². The highest BCUT2D eigenvalue weighted by Gasteiger charge is 2.28. The Morgan fingerprint density at radius 3 is 2.00 bits per heavy atom. The summed E-state index contributed by atoms with van der Waals surface area (Å²) >= 11 is 0. The molecule has 16 heavy (non-hydrogen) atoms. The average molecular weight is 232 g/mol. The molecule has 3 unspecified atom stereocenters. The summed E-state index contributed by atoms with van der Waals surface area (Å²) in [6.45, 7) is 8.36. The molecule has 0 spiro atoms. The molecule has 1 aliphatic carbocycles. The lowest BCUT2D eigenvalue weighted by atomic mass is 9.75. The van der Waals surface area contributed by atoms with Crippen LogP contribution in [-0.4, -0.2) is 27.7 Å². The van der Waals surface area contributed by atoms with Gasteiger partial charge in [-0.25, -0.2) is 0 Å². The van der Waals surface area contributed by atoms with E-state index in [4.69, 9.17) is 10.2 Å². The zero-order valence-corrected chi connectivity index (χ0v) is 11.1. The Kier molecular flexibility index (Phi) is 7.98. The first kappa shape index (κ1) is 15.9. The molecule has 0 aromatic rings. The van der Waals surface area contributed by atoms with Gasteiger partial charge >= 0.3 is 0 Å². The molecule has 3 N–H and O–H groups in total. The maximum absolute atomic E-state index is 9.71. The van der Waals surface area contributed by atoms with Crippen molar-refractivity contribution in [3.8, 4) is 0 Å². The molecule has 0 aromatic heterocycles. The minimum absolute atomic E-state index is 0.0289. The lowest BCUT2D eigenvalue weighted by Gasteiger charge is -2.33. The minimum Gasteiger partial charge on any atom is -0.393 e. The molecule has 0 bridgehead atoms. The van der Waals surface area contributed by atoms with Crippen molar-refractivity contribution in [2.75, 3.05) is 0 Å². The molecule has 0 radical (unpaired) electrons. The normalized spacial score (nSPS) is 30.2. The van der Waals surface area contributed by atoms with Crippen LogP contribution in [0.2, 0.25) is 0 Å². The molecule has 1 fully saturated rings. The molecular weight excluding hydrogens is 204 g/mol. The third kappa shape index (κ3) is 6.46. The maximum Gasteiger partial charge on any atom is 0.151 e. The molecule has 0 saturated heterocycles. The van der Waals surface area contributed by atoms with Crippen LogP contribution in [-0.2, 0) is 0 Å². The average Bonchev–Trinajstić information content (AvgIpc) is 2.17. The fraction of sp³-hybridized carbons (Fsp3) is 1.00. The van der Waals surface area contributed by atoms with Crippen molar-refractivity contribution in [2.45, 2.75) is 65.8 Å². The number of rotatable bonds is 2. The number of hydrogen-bond acceptors (Lipinski definition) is 3. The van der Waals surface area contributed by atoms with Gasteiger partial charge in [-0.3, -0.25) is 0 Å². The van der Waals surface area contributed by atoms with Crippen LogP contribution in [0.15, 0.2) is 0 Å². The Bertz CT molecular complexity index is 169. The van der Waals surface area contributed by atoms with Crippen molar-refractivity contribution < 1.29 is 15.3 Å². The lowest BCUT2D eigenvalue weighted by molar-refractivity contribution is -0.0413. The third-order valence-corrected chi connectivity index (χ3v) is 3.35. The second kappa shape index (κ2) is 8.04. The molecule has 98 valence electrons. The van der Waals surface area contributed by atoms with E-state index in [9.17, 15) is 5.11 Å². The van der Waals surface area contributed by atoms with E-state index in [-0.39, 0.29) is 6.10 Å². The summed E-state index contributed by atoms with van der Waals surface area (Å²) in [5.41, 5.74) is 0. The molecule has 3 heteroatoms. The second-order valence-electron chi connectivity index (χ2n) is 5.28. The van der Waals surface area contributed by atoms with Crippen LogP contribution < -0.4 is 0 Å². The van der Waals surface area contributed by atoms with E-state index in [0.717, 1.165) is 12.3 Å². The summed E-state index contributed by atoms with van der Waals surface area (Å²) in [6, 6.07) is 0. The van der Waals surface area contributed by atoms with E-state index in [1.165, 1.54) is 12.8 Å². The largest absolute Gasteiger partial charge is 0.393 e. The van der Waals surface area contributed by atoms with Gasteiger partial charge in [0.2, 0.25) is 0 Å². The third-order valence-electron chi connectivity index (χ3n) is 3.35. The topological polar surface area (TPSA) is 60.7 Å². The Morgan fingerprint density at radius 1 is 1.19 bits per heavy atom. The molecule has 1 rings (SSSR count). The smallest absolute Gasteiger partial charge is 0.151 e. The summed E-state index contributed by atoms with van der Waals surface area (Å²) in [6.07, 6.45) is 2.82. The van der Waals surface area contributed by atoms with Gasteiger partial charge < -0.3 is 15.3 Å². The van der Waals surface area contributed by atoms with E-state index in [1.807, 2.05) is 0 Å². The van der Waals surface area contributed by atoms with Crippen molar-refractivity contribution in [1.29, 1.82) is 0 Å². The van der Waals surface area contributed by atoms with Gasteiger partial charge in [-0.1, -0.05) is 34.1 Å². The Hall–Kier alpha value is -0.120. The Balaban J connectivity index is 0.000000385. The van der Waals surface area contributed by atoms with Gasteiger partial charge in [0.05, 0.1) is 6.10 Å². The van der Waals surface area contributed by atoms with Crippen LogP contribution in [0.25, 0.3) is 0 Å². The number of hydrogen-bond donors (Lipinski definition) is 3. The molecule has 0 heterocycles. The summed E-state index contributed by atoms with van der Waals surface area (Å²) < 4.78 is 0. The standard InChI is InChI=1S/C10H20O.C3H8O2/c1-7(2)9-5-4-8(3)6-10(9)11;1-2-3(4)5/h7-11H,4-6H2,1-3H3;3-5H,2H2,1H3. The predicted molar refractivity (Wildman–Crippen MR) is 65.9 cm³/mol. The zero-order chi connectivity index (χ0) is 12.7. The van der Waals surface area contributed by atoms with Crippen LogP contribution in [0.1, 0.15) is 53.4 Å². The van der Waals surface area contributed by atoms with Crippen LogP contribution in [0, 0.1) is 17.8 Å². The predicted octanol–water partition coefficient (Wildman–Crippen LogP) is 2.15. The first-order valence-corrected chi connectivity index (χ1v) is 6.42. The van der Waals surface area contributed by atoms with E-state index < -0.39 is 6.29 Å². The van der Waals surface area contributed by atoms with Crippen LogP contribution in [0.3, 0.4) is 0 Å². The van der Waals surface area contributed by atoms with Crippen LogP contribution in [0.5, 0.6) is 0 Å². The van der Waals surface area contributed by atoms with Crippen molar-refractivity contribution in [3.63, 3.8) is 0 Å². The van der Waals surface area contributed by atoms with Crippen LogP contribution >= 0.6 is 0 Å². The maximum atomic E-state index is 9.71. The van der Waals surface area contributed by atoms with Gasteiger partial charge in [0.1, 0.15) is 0 Å². The quantitative estimate of drug-likeness (QED) is 0.639. The van der Waals surface area contributed by atoms with Crippen molar-refractivity contribution in [3.05, 3.63) is 0 Å². The van der Waals surface area contributed by atoms with Gasteiger partial charge in [-0.2, -0.15) is 0 Å². The Morgan fingerprint density at radius 2 is 1.69 bits per heavy atom. The van der Waals surface area contributed by atoms with E-state index in [1.54, 1.807) is 6.92 Å². The molecule has 0 aliphatic heterocycles. The SMILES string of the molecule is CC1CCC(C(C)C)C(O)C1.CCC(O)O. The van der Waals surface area contributed by atoms with Crippen LogP contribution in [0.4, 0.5) is 0 Å². The summed E-state index contributed by atoms with van der Waals surface area (Å²) in [5, 5.41) is 25.5. The number of aliphatic hydroxyl groups is 3. The van der Waals surface area contributed by atoms with E-state index in [2.05, 4.69) is 20.8 Å². The van der Waals surface area contributed by atoms with Crippen molar-refractivity contribution in [1.82, 2.24) is 0 Å². The first-order valence-electron chi connectivity index (χ1n) is 6.42. The summed E-state index contributed by atoms with van der Waals surface area (Å²) in [4.78, 5) is 0. The monoisotopic (exact) mass is 232 g/mol. The summed E-state index contributed by atoms with van der Waals surface area (Å²) in [5.74, 6) is 1.95. The van der Waals surface area contributed by atoms with Gasteiger partial charge in [0.25, 0.3) is 0 Å². The molecule has 3 nitrogen and oxygen atoms in total. The highest BCUT2D eigenvalue weighted by molar-refractivity contribution is 4.79. The van der Waals surface area contributed by atoms with Gasteiger partial charge in [0.15, 0.2) is 6.29 Å². The fourth-order valence-electron chi connectivity index (χ4n) is 2.15. The fourth-order valence-corrected chi connectivity index (χ4v) is 2.15. The highest BCUT2D eigenvalue weighted by atomic mass is 16.5. The zero-order valence-electron chi connectivity index (χ0n) is 11.1. The molecular formula is C13H28O3. The molecule has 1 saturated carbocycles. The summed E-state index contributed by atoms with van der Waals surface area (Å²) in [7, 11) is 0. The lowest BCUT2D eigenvalue weighted by Crippen LogP contribution is -2.31. The molecule has 0 aromatic carbocycles. The molecule has 0 amide bonds.